The third-order valence-corrected chi connectivity index (χ3v) is 14.3. The first kappa shape index (κ1) is 46.3. The van der Waals surface area contributed by atoms with Crippen LogP contribution >= 0.6 is 0 Å². The highest BCUT2D eigenvalue weighted by atomic mass is 16.3. The highest BCUT2D eigenvalue weighted by molar-refractivity contribution is 5.93. The number of terminal acetylenes is 1. The molecule has 0 aliphatic carbocycles. The number of β-amino-alcohol motifs (C(OH)–C–C–N with tert-alkyl or cyclic N) is 1. The minimum absolute atomic E-state index is 0.0121. The number of aliphatic hydroxyl groups excluding tert-OH is 1. The minimum atomic E-state index is -0.910. The number of carbonyl (C=O) groups excluding carboxylic acids is 3. The summed E-state index contributed by atoms with van der Waals surface area (Å²) in [5.74, 6) is 2.67. The molecule has 4 aliphatic rings. The first-order chi connectivity index (χ1) is 32.7. The third kappa shape index (κ3) is 9.39. The maximum atomic E-state index is 14.2. The van der Waals surface area contributed by atoms with Crippen LogP contribution in [0.3, 0.4) is 0 Å². The predicted molar refractivity (Wildman–Crippen MR) is 260 cm³/mol. The summed E-state index contributed by atoms with van der Waals surface area (Å²) in [5, 5.41) is 36.9. The molecule has 0 saturated carbocycles. The summed E-state index contributed by atoms with van der Waals surface area (Å²) in [6, 6.07) is 14.9. The Bertz CT molecular complexity index is 2690. The van der Waals surface area contributed by atoms with Gasteiger partial charge in [0.2, 0.25) is 17.8 Å². The molecule has 17 nitrogen and oxygen atoms in total. The summed E-state index contributed by atoms with van der Waals surface area (Å²) in [4.78, 5) is 65.1. The van der Waals surface area contributed by atoms with E-state index in [0.29, 0.717) is 36.3 Å². The maximum absolute atomic E-state index is 14.2. The lowest BCUT2D eigenvalue weighted by Crippen LogP contribution is -2.61. The largest absolute Gasteiger partial charge is 0.507 e. The predicted octanol–water partition coefficient (Wildman–Crippen LogP) is 4.60. The van der Waals surface area contributed by atoms with E-state index in [1.54, 1.807) is 29.2 Å². The minimum Gasteiger partial charge on any atom is -0.507 e. The Balaban J connectivity index is 0.773. The molecule has 4 aliphatic heterocycles. The summed E-state index contributed by atoms with van der Waals surface area (Å²) in [6.07, 6.45) is 11.0. The van der Waals surface area contributed by atoms with Gasteiger partial charge in [-0.05, 0) is 68.0 Å². The number of rotatable bonds is 9. The number of para-hydroxylation sites is 1. The number of amides is 4. The van der Waals surface area contributed by atoms with Crippen LogP contribution in [0.15, 0.2) is 67.0 Å². The van der Waals surface area contributed by atoms with Crippen LogP contribution in [0, 0.1) is 17.8 Å². The molecule has 0 spiro atoms. The first-order valence-corrected chi connectivity index (χ1v) is 23.8. The van der Waals surface area contributed by atoms with Crippen molar-refractivity contribution < 1.29 is 24.6 Å². The average Bonchev–Trinajstić information content (AvgIpc) is 3.93. The van der Waals surface area contributed by atoms with Gasteiger partial charge in [0, 0.05) is 105 Å². The molecule has 68 heavy (non-hydrogen) atoms. The molecular formula is C51H62N12O5. The van der Waals surface area contributed by atoms with Gasteiger partial charge in [-0.25, -0.2) is 14.8 Å². The molecule has 0 bridgehead atoms. The second-order valence-electron chi connectivity index (χ2n) is 19.8. The zero-order valence-corrected chi connectivity index (χ0v) is 39.5. The van der Waals surface area contributed by atoms with Crippen molar-refractivity contribution in [2.45, 2.75) is 103 Å². The van der Waals surface area contributed by atoms with Gasteiger partial charge in [-0.1, -0.05) is 51.0 Å². The van der Waals surface area contributed by atoms with Crippen molar-refractivity contribution in [1.82, 2.24) is 50.5 Å². The van der Waals surface area contributed by atoms with Gasteiger partial charge in [-0.3, -0.25) is 14.5 Å². The molecule has 0 radical (unpaired) electrons. The number of likely N-dealkylation sites (tertiary alicyclic amines) is 2. The molecule has 3 saturated heterocycles. The number of fused-ring (bicyclic) bond motifs is 3. The fraction of sp³-hybridized carbons (Fsp3) is 0.471. The lowest BCUT2D eigenvalue weighted by molar-refractivity contribution is -0.142. The van der Waals surface area contributed by atoms with Crippen LogP contribution in [0.1, 0.15) is 82.3 Å². The number of hydrogen-bond acceptors (Lipinski definition) is 12. The summed E-state index contributed by atoms with van der Waals surface area (Å²) < 4.78 is 0. The maximum Gasteiger partial charge on any atom is 0.318 e. The Labute approximate surface area is 397 Å². The lowest BCUT2D eigenvalue weighted by Gasteiger charge is -2.47. The zero-order valence-electron chi connectivity index (χ0n) is 39.5. The second kappa shape index (κ2) is 19.1. The quantitative estimate of drug-likeness (QED) is 0.129. The van der Waals surface area contributed by atoms with Crippen molar-refractivity contribution in [2.24, 2.45) is 5.41 Å². The normalized spacial score (nSPS) is 21.9. The number of aromatic nitrogens is 5. The molecule has 4 amide bonds. The van der Waals surface area contributed by atoms with Gasteiger partial charge in [0.25, 0.3) is 0 Å². The molecule has 17 heteroatoms. The standard InChI is InChI=1S/C51H62N12O5/c1-7-33-12-14-34(15-13-33)26-52-47(66)42-24-37(64)30-63(42)48(67)45(51(4,5)6)56-50(68)59-19-16-35(17-20-59)61-23-22-60(29-31(61)2)36-27-53-49(54-28-36)62-21-18-40-44(32(62)3)39-25-41(57-58-46(39)55-40)38-10-8-9-11-43(38)65/h1,8-15,25,27-28,31-32,35,37,42,45,64-65H,16-24,26,29-30H2,2-6H3,(H,52,66)(H,55,58)(H,56,68)/t31-,32-,37-,42+,45-/m1/s1. The van der Waals surface area contributed by atoms with Crippen LogP contribution in [0.5, 0.6) is 5.75 Å². The Morgan fingerprint density at radius 1 is 0.956 bits per heavy atom. The number of piperazine rings is 1. The molecule has 9 rings (SSSR count). The van der Waals surface area contributed by atoms with Gasteiger partial charge in [-0.15, -0.1) is 16.6 Å². The molecule has 3 fully saturated rings. The van der Waals surface area contributed by atoms with Gasteiger partial charge in [0.15, 0.2) is 5.65 Å². The number of phenols is 1. The van der Waals surface area contributed by atoms with Gasteiger partial charge in [-0.2, -0.15) is 0 Å². The van der Waals surface area contributed by atoms with Crippen molar-refractivity contribution in [2.75, 3.05) is 55.6 Å². The molecule has 356 valence electrons. The van der Waals surface area contributed by atoms with Gasteiger partial charge in [0.05, 0.1) is 35.9 Å². The van der Waals surface area contributed by atoms with E-state index in [1.807, 2.05) is 63.5 Å². The third-order valence-electron chi connectivity index (χ3n) is 14.3. The number of phenolic OH excluding ortho intramolecular Hbond substituents is 1. The van der Waals surface area contributed by atoms with E-state index < -0.39 is 23.6 Å². The van der Waals surface area contributed by atoms with Crippen LogP contribution in [-0.4, -0.2) is 144 Å². The fourth-order valence-corrected chi connectivity index (χ4v) is 10.5. The average molecular weight is 923 g/mol. The van der Waals surface area contributed by atoms with E-state index in [9.17, 15) is 24.6 Å². The molecule has 7 heterocycles. The van der Waals surface area contributed by atoms with E-state index in [2.05, 4.69) is 60.3 Å². The lowest BCUT2D eigenvalue weighted by atomic mass is 9.85. The van der Waals surface area contributed by atoms with Crippen molar-refractivity contribution in [3.63, 3.8) is 0 Å². The zero-order chi connectivity index (χ0) is 47.9. The van der Waals surface area contributed by atoms with Crippen LogP contribution < -0.4 is 20.4 Å². The van der Waals surface area contributed by atoms with Crippen LogP contribution in [0.25, 0.3) is 22.3 Å². The van der Waals surface area contributed by atoms with Crippen molar-refractivity contribution in [3.8, 4) is 29.4 Å². The van der Waals surface area contributed by atoms with Gasteiger partial charge in [0.1, 0.15) is 17.8 Å². The number of urea groups is 1. The summed E-state index contributed by atoms with van der Waals surface area (Å²) >= 11 is 0. The van der Waals surface area contributed by atoms with Crippen LogP contribution in [0.4, 0.5) is 16.4 Å². The molecule has 3 aromatic heterocycles. The summed E-state index contributed by atoms with van der Waals surface area (Å²) in [7, 11) is 0. The number of hydrogen-bond donors (Lipinski definition) is 5. The number of nitrogens with zero attached hydrogens (tertiary/aromatic N) is 9. The Kier molecular flexibility index (Phi) is 13.0. The number of nitrogens with one attached hydrogen (secondary N) is 3. The molecule has 5 aromatic rings. The SMILES string of the molecule is C#Cc1ccc(CNC(=O)[C@@H]2C[C@@H](O)CN2C(=O)[C@@H](NC(=O)N2CCC(N3CCN(c4cnc(N5CCc6[nH]c7nnc(-c8ccccc8O)cc7c6[C@H]5C)nc4)C[C@H]3C)CC2)C(C)(C)C)cc1. The van der Waals surface area contributed by atoms with E-state index in [4.69, 9.17) is 16.4 Å². The Hall–Kier alpha value is -6.77. The fourth-order valence-electron chi connectivity index (χ4n) is 10.5. The van der Waals surface area contributed by atoms with E-state index >= 15 is 0 Å². The van der Waals surface area contributed by atoms with Crippen LogP contribution in [0.2, 0.25) is 0 Å². The number of carbonyl (C=O) groups is 3. The highest BCUT2D eigenvalue weighted by Crippen LogP contribution is 2.39. The van der Waals surface area contributed by atoms with Crippen molar-refractivity contribution >= 4 is 40.5 Å². The monoisotopic (exact) mass is 922 g/mol. The number of aromatic hydroxyl groups is 1. The summed E-state index contributed by atoms with van der Waals surface area (Å²) in [6.45, 7) is 14.7. The van der Waals surface area contributed by atoms with E-state index in [-0.39, 0.29) is 55.2 Å². The molecular weight excluding hydrogens is 861 g/mol. The van der Waals surface area contributed by atoms with Gasteiger partial charge >= 0.3 is 6.03 Å². The number of aromatic amines is 1. The first-order valence-electron chi connectivity index (χ1n) is 23.8. The molecule has 2 aromatic carbocycles. The second-order valence-corrected chi connectivity index (χ2v) is 19.8. The number of benzene rings is 2. The van der Waals surface area contributed by atoms with Crippen molar-refractivity contribution in [3.05, 3.63) is 89.4 Å². The number of piperidine rings is 1. The van der Waals surface area contributed by atoms with Crippen molar-refractivity contribution in [1.29, 1.82) is 0 Å². The molecule has 0 unspecified atom stereocenters. The van der Waals surface area contributed by atoms with Crippen LogP contribution in [-0.2, 0) is 22.6 Å². The highest BCUT2D eigenvalue weighted by Gasteiger charge is 2.45. The Morgan fingerprint density at radius 2 is 1.69 bits per heavy atom. The summed E-state index contributed by atoms with van der Waals surface area (Å²) in [5.41, 5.74) is 6.17. The smallest absolute Gasteiger partial charge is 0.318 e. The molecule has 5 atom stereocenters. The topological polar surface area (TPSA) is 199 Å². The molecule has 5 N–H and O–H groups in total. The Morgan fingerprint density at radius 3 is 2.38 bits per heavy atom. The number of anilines is 2. The van der Waals surface area contributed by atoms with Gasteiger partial charge < -0.3 is 45.4 Å². The van der Waals surface area contributed by atoms with E-state index in [0.717, 1.165) is 84.5 Å². The number of aliphatic hydroxyl groups is 1. The number of H-pyrrole nitrogens is 1. The van der Waals surface area contributed by atoms with E-state index in [1.165, 1.54) is 4.90 Å².